The fraction of sp³-hybridized carbons (Fsp3) is 0.250. The highest BCUT2D eigenvalue weighted by Gasteiger charge is 2.30. The first-order chi connectivity index (χ1) is 11.1. The van der Waals surface area contributed by atoms with Crippen molar-refractivity contribution in [2.24, 2.45) is 0 Å². The molecule has 1 aliphatic heterocycles. The molecule has 1 aliphatic rings. The van der Waals surface area contributed by atoms with E-state index < -0.39 is 0 Å². The van der Waals surface area contributed by atoms with Crippen molar-refractivity contribution in [1.29, 1.82) is 0 Å². The van der Waals surface area contributed by atoms with Gasteiger partial charge in [0, 0.05) is 22.9 Å². The standard InChI is InChI=1S/C20H20N2O/c1-14-11-16-7-3-5-9-18(16)21(14)13-20(23)22-15(2)12-17-8-4-6-10-19(17)22/h3-11,15H,12-13H2,1-2H3/t15-/m0/s1. The van der Waals surface area contributed by atoms with Gasteiger partial charge in [0.05, 0.1) is 0 Å². The van der Waals surface area contributed by atoms with Crippen LogP contribution in [0.15, 0.2) is 54.6 Å². The molecule has 4 rings (SSSR count). The van der Waals surface area contributed by atoms with Crippen LogP contribution >= 0.6 is 0 Å². The normalized spacial score (nSPS) is 16.8. The van der Waals surface area contributed by atoms with Crippen molar-refractivity contribution in [2.45, 2.75) is 32.9 Å². The molecule has 2 aromatic carbocycles. The van der Waals surface area contributed by atoms with Crippen molar-refractivity contribution in [3.8, 4) is 0 Å². The molecule has 1 aromatic heterocycles. The van der Waals surface area contributed by atoms with Crippen LogP contribution in [-0.2, 0) is 17.8 Å². The number of benzene rings is 2. The number of anilines is 1. The van der Waals surface area contributed by atoms with Gasteiger partial charge < -0.3 is 9.47 Å². The average Bonchev–Trinajstić information content (AvgIpc) is 3.04. The SMILES string of the molecule is Cc1cc2ccccc2n1CC(=O)N1c2ccccc2C[C@@H]1C. The first kappa shape index (κ1) is 14.1. The smallest absolute Gasteiger partial charge is 0.247 e. The van der Waals surface area contributed by atoms with Crippen molar-refractivity contribution in [2.75, 3.05) is 4.90 Å². The lowest BCUT2D eigenvalue weighted by Gasteiger charge is -2.23. The molecule has 0 saturated heterocycles. The number of hydrogen-bond acceptors (Lipinski definition) is 1. The zero-order valence-electron chi connectivity index (χ0n) is 13.5. The summed E-state index contributed by atoms with van der Waals surface area (Å²) in [4.78, 5) is 14.9. The van der Waals surface area contributed by atoms with Gasteiger partial charge in [0.2, 0.25) is 5.91 Å². The topological polar surface area (TPSA) is 25.2 Å². The minimum absolute atomic E-state index is 0.159. The van der Waals surface area contributed by atoms with Crippen LogP contribution in [0.3, 0.4) is 0 Å². The van der Waals surface area contributed by atoms with E-state index in [0.29, 0.717) is 6.54 Å². The van der Waals surface area contributed by atoms with E-state index in [1.165, 1.54) is 10.9 Å². The number of carbonyl (C=O) groups excluding carboxylic acids is 1. The molecule has 3 heteroatoms. The molecule has 0 N–H and O–H groups in total. The number of para-hydroxylation sites is 2. The van der Waals surface area contributed by atoms with E-state index >= 15 is 0 Å². The molecule has 2 heterocycles. The van der Waals surface area contributed by atoms with Crippen LogP contribution in [0.25, 0.3) is 10.9 Å². The summed E-state index contributed by atoms with van der Waals surface area (Å²) in [6, 6.07) is 18.8. The Bertz CT molecular complexity index is 894. The molecule has 116 valence electrons. The third-order valence-electron chi connectivity index (χ3n) is 4.79. The number of aryl methyl sites for hydroxylation is 1. The summed E-state index contributed by atoms with van der Waals surface area (Å²) in [6.45, 7) is 4.57. The Labute approximate surface area is 136 Å². The van der Waals surface area contributed by atoms with Crippen LogP contribution in [0, 0.1) is 6.92 Å². The molecule has 3 aromatic rings. The van der Waals surface area contributed by atoms with Crippen LogP contribution < -0.4 is 4.90 Å². The summed E-state index contributed by atoms with van der Waals surface area (Å²) >= 11 is 0. The zero-order chi connectivity index (χ0) is 16.0. The number of amides is 1. The maximum atomic E-state index is 13.0. The minimum Gasteiger partial charge on any atom is -0.335 e. The van der Waals surface area contributed by atoms with E-state index in [9.17, 15) is 4.79 Å². The highest BCUT2D eigenvalue weighted by molar-refractivity contribution is 5.97. The first-order valence-corrected chi connectivity index (χ1v) is 8.10. The van der Waals surface area contributed by atoms with Crippen molar-refractivity contribution in [3.05, 3.63) is 65.9 Å². The maximum absolute atomic E-state index is 13.0. The van der Waals surface area contributed by atoms with Crippen LogP contribution in [0.1, 0.15) is 18.2 Å². The van der Waals surface area contributed by atoms with E-state index in [1.54, 1.807) is 0 Å². The Balaban J connectivity index is 1.69. The number of aromatic nitrogens is 1. The molecule has 0 unspecified atom stereocenters. The van der Waals surface area contributed by atoms with Crippen LogP contribution in [0.4, 0.5) is 5.69 Å². The Kier molecular flexibility index (Phi) is 3.22. The monoisotopic (exact) mass is 304 g/mol. The largest absolute Gasteiger partial charge is 0.335 e. The summed E-state index contributed by atoms with van der Waals surface area (Å²) in [5.41, 5.74) is 4.58. The van der Waals surface area contributed by atoms with Crippen molar-refractivity contribution >= 4 is 22.5 Å². The predicted molar refractivity (Wildman–Crippen MR) is 93.8 cm³/mol. The number of rotatable bonds is 2. The van der Waals surface area contributed by atoms with E-state index in [2.05, 4.69) is 48.7 Å². The average molecular weight is 304 g/mol. The van der Waals surface area contributed by atoms with Gasteiger partial charge in [-0.3, -0.25) is 4.79 Å². The first-order valence-electron chi connectivity index (χ1n) is 8.10. The lowest BCUT2D eigenvalue weighted by Crippen LogP contribution is -2.38. The molecule has 0 fully saturated rings. The van der Waals surface area contributed by atoms with Gasteiger partial charge in [0.25, 0.3) is 0 Å². The minimum atomic E-state index is 0.159. The molecule has 0 radical (unpaired) electrons. The highest BCUT2D eigenvalue weighted by atomic mass is 16.2. The summed E-state index contributed by atoms with van der Waals surface area (Å²) in [5, 5.41) is 1.19. The van der Waals surface area contributed by atoms with Crippen molar-refractivity contribution in [3.63, 3.8) is 0 Å². The second-order valence-corrected chi connectivity index (χ2v) is 6.38. The fourth-order valence-corrected chi connectivity index (χ4v) is 3.72. The molecule has 0 bridgehead atoms. The maximum Gasteiger partial charge on any atom is 0.247 e. The second kappa shape index (κ2) is 5.27. The van der Waals surface area contributed by atoms with Gasteiger partial charge >= 0.3 is 0 Å². The zero-order valence-corrected chi connectivity index (χ0v) is 13.5. The predicted octanol–water partition coefficient (Wildman–Crippen LogP) is 3.93. The molecular formula is C20H20N2O. The lowest BCUT2D eigenvalue weighted by molar-refractivity contribution is -0.119. The Hall–Kier alpha value is -2.55. The summed E-state index contributed by atoms with van der Waals surface area (Å²) < 4.78 is 2.12. The Morgan fingerprint density at radius 3 is 2.74 bits per heavy atom. The highest BCUT2D eigenvalue weighted by Crippen LogP contribution is 2.32. The fourth-order valence-electron chi connectivity index (χ4n) is 3.72. The molecule has 0 saturated carbocycles. The molecule has 23 heavy (non-hydrogen) atoms. The summed E-state index contributed by atoms with van der Waals surface area (Å²) in [5.74, 6) is 0.159. The van der Waals surface area contributed by atoms with Gasteiger partial charge in [-0.2, -0.15) is 0 Å². The van der Waals surface area contributed by atoms with Crippen LogP contribution in [-0.4, -0.2) is 16.5 Å². The number of nitrogens with zero attached hydrogens (tertiary/aromatic N) is 2. The number of hydrogen-bond donors (Lipinski definition) is 0. The van der Waals surface area contributed by atoms with Gasteiger partial charge in [-0.25, -0.2) is 0 Å². The quantitative estimate of drug-likeness (QED) is 0.704. The summed E-state index contributed by atoms with van der Waals surface area (Å²) in [6.07, 6.45) is 0.938. The van der Waals surface area contributed by atoms with Crippen LogP contribution in [0.2, 0.25) is 0 Å². The molecule has 1 atom stereocenters. The van der Waals surface area contributed by atoms with E-state index in [4.69, 9.17) is 0 Å². The van der Waals surface area contributed by atoms with Gasteiger partial charge in [0.15, 0.2) is 0 Å². The third-order valence-corrected chi connectivity index (χ3v) is 4.79. The summed E-state index contributed by atoms with van der Waals surface area (Å²) in [7, 11) is 0. The second-order valence-electron chi connectivity index (χ2n) is 6.38. The molecule has 3 nitrogen and oxygen atoms in total. The van der Waals surface area contributed by atoms with Gasteiger partial charge in [-0.1, -0.05) is 36.4 Å². The van der Waals surface area contributed by atoms with Crippen LogP contribution in [0.5, 0.6) is 0 Å². The molecule has 0 aliphatic carbocycles. The van der Waals surface area contributed by atoms with Gasteiger partial charge in [-0.05, 0) is 49.4 Å². The molecular weight excluding hydrogens is 284 g/mol. The Morgan fingerprint density at radius 2 is 1.87 bits per heavy atom. The number of carbonyl (C=O) groups is 1. The van der Waals surface area contributed by atoms with Gasteiger partial charge in [-0.15, -0.1) is 0 Å². The van der Waals surface area contributed by atoms with E-state index in [0.717, 1.165) is 23.3 Å². The molecule has 1 amide bonds. The van der Waals surface area contributed by atoms with Crippen molar-refractivity contribution in [1.82, 2.24) is 4.57 Å². The van der Waals surface area contributed by atoms with Gasteiger partial charge in [0.1, 0.15) is 6.54 Å². The molecule has 0 spiro atoms. The Morgan fingerprint density at radius 1 is 1.13 bits per heavy atom. The van der Waals surface area contributed by atoms with E-state index in [-0.39, 0.29) is 11.9 Å². The van der Waals surface area contributed by atoms with E-state index in [1.807, 2.05) is 29.2 Å². The number of fused-ring (bicyclic) bond motifs is 2. The van der Waals surface area contributed by atoms with Crippen molar-refractivity contribution < 1.29 is 4.79 Å². The lowest BCUT2D eigenvalue weighted by atomic mass is 10.1. The third kappa shape index (κ3) is 2.24.